The number of benzene rings is 2. The second-order valence-corrected chi connectivity index (χ2v) is 5.94. The molecular weight excluding hydrogens is 286 g/mol. The van der Waals surface area contributed by atoms with Crippen LogP contribution < -0.4 is 5.32 Å². The maximum Gasteiger partial charge on any atom is 0.235 e. The minimum Gasteiger partial charge on any atom is -0.325 e. The number of carbonyl (C=O) groups excluding carboxylic acids is 1. The topological polar surface area (TPSA) is 57.8 Å². The van der Waals surface area contributed by atoms with Crippen LogP contribution >= 0.6 is 0 Å². The van der Waals surface area contributed by atoms with Crippen molar-refractivity contribution in [3.8, 4) is 0 Å². The number of fused-ring (bicyclic) bond motifs is 3. The summed E-state index contributed by atoms with van der Waals surface area (Å²) in [6, 6.07) is 14.3. The first-order chi connectivity index (χ1) is 11.3. The van der Waals surface area contributed by atoms with Crippen LogP contribution in [-0.4, -0.2) is 16.1 Å². The molecule has 2 unspecified atom stereocenters. The summed E-state index contributed by atoms with van der Waals surface area (Å²) in [5.74, 6) is 0.396. The zero-order chi connectivity index (χ0) is 16.0. The van der Waals surface area contributed by atoms with Crippen LogP contribution in [-0.2, 0) is 10.2 Å². The maximum absolute atomic E-state index is 12.5. The molecular formula is C19H19N3O. The van der Waals surface area contributed by atoms with Gasteiger partial charge in [0.1, 0.15) is 0 Å². The molecule has 4 heteroatoms. The largest absolute Gasteiger partial charge is 0.325 e. The lowest BCUT2D eigenvalue weighted by Gasteiger charge is -2.08. The zero-order valence-electron chi connectivity index (χ0n) is 13.3. The van der Waals surface area contributed by atoms with E-state index < -0.39 is 0 Å². The monoisotopic (exact) mass is 305 g/mol. The second kappa shape index (κ2) is 4.95. The van der Waals surface area contributed by atoms with Gasteiger partial charge in [-0.3, -0.25) is 9.89 Å². The third-order valence-corrected chi connectivity index (χ3v) is 4.89. The van der Waals surface area contributed by atoms with Gasteiger partial charge in [-0.05, 0) is 29.7 Å². The van der Waals surface area contributed by atoms with Gasteiger partial charge in [-0.2, -0.15) is 5.10 Å². The number of nitrogens with zero attached hydrogens (tertiary/aromatic N) is 1. The standard InChI is InChI=1S/C17H13N3O.C2H6/c21-16-17(12-3-1-2-4-14(12)19-16)8-13(17)10-5-6-11-9-18-20-15(11)7-10;1-2/h1-7,9,13H,8H2,(H,18,20)(H,19,21);1-2H3. The number of aromatic amines is 1. The first kappa shape index (κ1) is 14.0. The number of rotatable bonds is 1. The molecule has 1 fully saturated rings. The van der Waals surface area contributed by atoms with E-state index in [1.54, 1.807) is 0 Å². The molecule has 3 aromatic rings. The van der Waals surface area contributed by atoms with Gasteiger partial charge in [0, 0.05) is 17.0 Å². The number of carbonyl (C=O) groups is 1. The van der Waals surface area contributed by atoms with Crippen LogP contribution in [0.15, 0.2) is 48.7 Å². The fourth-order valence-electron chi connectivity index (χ4n) is 3.72. The Morgan fingerprint density at radius 1 is 1.17 bits per heavy atom. The number of hydrogen-bond donors (Lipinski definition) is 2. The molecule has 1 aromatic heterocycles. The highest BCUT2D eigenvalue weighted by Crippen LogP contribution is 2.64. The number of para-hydroxylation sites is 1. The van der Waals surface area contributed by atoms with E-state index in [0.29, 0.717) is 0 Å². The lowest BCUT2D eigenvalue weighted by Crippen LogP contribution is -2.20. The fraction of sp³-hybridized carbons (Fsp3) is 0.263. The van der Waals surface area contributed by atoms with Gasteiger partial charge in [0.15, 0.2) is 0 Å². The van der Waals surface area contributed by atoms with Gasteiger partial charge in [-0.1, -0.05) is 44.2 Å². The number of H-pyrrole nitrogens is 1. The smallest absolute Gasteiger partial charge is 0.235 e. The molecule has 2 aromatic carbocycles. The zero-order valence-corrected chi connectivity index (χ0v) is 13.3. The second-order valence-electron chi connectivity index (χ2n) is 5.94. The quantitative estimate of drug-likeness (QED) is 0.715. The minimum atomic E-state index is -0.357. The molecule has 2 heterocycles. The summed E-state index contributed by atoms with van der Waals surface area (Å²) in [5.41, 5.74) is 3.99. The Hall–Kier alpha value is -2.62. The van der Waals surface area contributed by atoms with E-state index in [1.165, 1.54) is 5.56 Å². The maximum atomic E-state index is 12.5. The molecule has 5 rings (SSSR count). The predicted molar refractivity (Wildman–Crippen MR) is 91.5 cm³/mol. The first-order valence-corrected chi connectivity index (χ1v) is 8.13. The van der Waals surface area contributed by atoms with Crippen LogP contribution in [0.3, 0.4) is 0 Å². The summed E-state index contributed by atoms with van der Waals surface area (Å²) >= 11 is 0. The van der Waals surface area contributed by atoms with E-state index in [2.05, 4.69) is 39.8 Å². The van der Waals surface area contributed by atoms with Crippen molar-refractivity contribution in [3.63, 3.8) is 0 Å². The van der Waals surface area contributed by atoms with Crippen LogP contribution in [0.1, 0.15) is 37.3 Å². The molecule has 0 bridgehead atoms. The van der Waals surface area contributed by atoms with Crippen molar-refractivity contribution >= 4 is 22.5 Å². The lowest BCUT2D eigenvalue weighted by molar-refractivity contribution is -0.118. The van der Waals surface area contributed by atoms with Crippen LogP contribution in [0.4, 0.5) is 5.69 Å². The van der Waals surface area contributed by atoms with Gasteiger partial charge >= 0.3 is 0 Å². The SMILES string of the molecule is CC.O=C1Nc2ccccc2C12CC2c1ccc2cn[nH]c2c1. The highest BCUT2D eigenvalue weighted by Gasteiger charge is 2.64. The van der Waals surface area contributed by atoms with E-state index in [-0.39, 0.29) is 17.2 Å². The molecule has 1 saturated carbocycles. The molecule has 2 atom stereocenters. The summed E-state index contributed by atoms with van der Waals surface area (Å²) < 4.78 is 0. The highest BCUT2D eigenvalue weighted by molar-refractivity contribution is 6.09. The average Bonchev–Trinajstić information content (AvgIpc) is 3.06. The number of nitrogens with one attached hydrogen (secondary N) is 2. The first-order valence-electron chi connectivity index (χ1n) is 8.13. The summed E-state index contributed by atoms with van der Waals surface area (Å²) in [4.78, 5) is 12.5. The van der Waals surface area contributed by atoms with Crippen molar-refractivity contribution in [2.24, 2.45) is 0 Å². The Morgan fingerprint density at radius 2 is 2.00 bits per heavy atom. The molecule has 1 spiro atoms. The summed E-state index contributed by atoms with van der Waals surface area (Å²) in [6.07, 6.45) is 2.70. The minimum absolute atomic E-state index is 0.137. The van der Waals surface area contributed by atoms with Gasteiger partial charge in [-0.15, -0.1) is 0 Å². The highest BCUT2D eigenvalue weighted by atomic mass is 16.2. The van der Waals surface area contributed by atoms with Crippen LogP contribution in [0.2, 0.25) is 0 Å². The Morgan fingerprint density at radius 3 is 2.87 bits per heavy atom. The molecule has 0 saturated heterocycles. The normalized spacial score (nSPS) is 24.1. The van der Waals surface area contributed by atoms with E-state index in [4.69, 9.17) is 0 Å². The Balaban J connectivity index is 0.000000652. The number of anilines is 1. The van der Waals surface area contributed by atoms with Crippen LogP contribution in [0, 0.1) is 0 Å². The lowest BCUT2D eigenvalue weighted by atomic mass is 9.92. The van der Waals surface area contributed by atoms with Crippen LogP contribution in [0.25, 0.3) is 10.9 Å². The molecule has 1 aliphatic carbocycles. The van der Waals surface area contributed by atoms with Gasteiger partial charge < -0.3 is 5.32 Å². The Labute approximate surface area is 134 Å². The molecule has 23 heavy (non-hydrogen) atoms. The Bertz CT molecular complexity index is 898. The molecule has 4 nitrogen and oxygen atoms in total. The molecule has 116 valence electrons. The molecule has 1 aliphatic heterocycles. The van der Waals surface area contributed by atoms with Crippen molar-refractivity contribution in [2.75, 3.05) is 5.32 Å². The summed E-state index contributed by atoms with van der Waals surface area (Å²) in [6.45, 7) is 4.00. The number of aromatic nitrogens is 2. The van der Waals surface area contributed by atoms with Crippen molar-refractivity contribution < 1.29 is 4.79 Å². The van der Waals surface area contributed by atoms with Gasteiger partial charge in [0.25, 0.3) is 0 Å². The van der Waals surface area contributed by atoms with Gasteiger partial charge in [0.2, 0.25) is 5.91 Å². The van der Waals surface area contributed by atoms with Crippen LogP contribution in [0.5, 0.6) is 0 Å². The predicted octanol–water partition coefficient (Wildman–Crippen LogP) is 3.97. The molecule has 0 radical (unpaired) electrons. The fourth-order valence-corrected chi connectivity index (χ4v) is 3.72. The number of amides is 1. The molecule has 2 aliphatic rings. The van der Waals surface area contributed by atoms with Crippen molar-refractivity contribution in [1.29, 1.82) is 0 Å². The van der Waals surface area contributed by atoms with Crippen molar-refractivity contribution in [1.82, 2.24) is 10.2 Å². The van der Waals surface area contributed by atoms with E-state index in [1.807, 2.05) is 38.2 Å². The van der Waals surface area contributed by atoms with E-state index >= 15 is 0 Å². The van der Waals surface area contributed by atoms with E-state index in [9.17, 15) is 4.79 Å². The van der Waals surface area contributed by atoms with Gasteiger partial charge in [-0.25, -0.2) is 0 Å². The average molecular weight is 305 g/mol. The third kappa shape index (κ3) is 1.84. The summed E-state index contributed by atoms with van der Waals surface area (Å²) in [7, 11) is 0. The van der Waals surface area contributed by atoms with Gasteiger partial charge in [0.05, 0.1) is 17.1 Å². The van der Waals surface area contributed by atoms with Crippen molar-refractivity contribution in [2.45, 2.75) is 31.6 Å². The molecule has 2 N–H and O–H groups in total. The third-order valence-electron chi connectivity index (χ3n) is 4.89. The van der Waals surface area contributed by atoms with Crippen molar-refractivity contribution in [3.05, 3.63) is 59.8 Å². The van der Waals surface area contributed by atoms with E-state index in [0.717, 1.165) is 28.6 Å². The number of hydrogen-bond acceptors (Lipinski definition) is 2. The summed E-state index contributed by atoms with van der Waals surface area (Å²) in [5, 5.41) is 11.2. The Kier molecular flexibility index (Phi) is 3.01. The molecule has 1 amide bonds.